The highest BCUT2D eigenvalue weighted by Crippen LogP contribution is 2.17. The fourth-order valence-corrected chi connectivity index (χ4v) is 2.61. The molecule has 1 nitrogen and oxygen atoms in total. The van der Waals surface area contributed by atoms with Crippen molar-refractivity contribution in [1.29, 1.82) is 0 Å². The summed E-state index contributed by atoms with van der Waals surface area (Å²) in [6.45, 7) is 2.22. The quantitative estimate of drug-likeness (QED) is 0.333. The van der Waals surface area contributed by atoms with Crippen LogP contribution < -0.4 is 0 Å². The summed E-state index contributed by atoms with van der Waals surface area (Å²) in [5.74, 6) is -0.629. The van der Waals surface area contributed by atoms with Crippen molar-refractivity contribution in [1.82, 2.24) is 0 Å². The topological polar surface area (TPSA) is 17.1 Å². The van der Waals surface area contributed by atoms with Crippen LogP contribution in [0.15, 0.2) is 18.2 Å². The molecule has 3 heteroatoms. The van der Waals surface area contributed by atoms with Gasteiger partial charge in [-0.15, -0.1) is 0 Å². The molecule has 0 atom stereocenters. The van der Waals surface area contributed by atoms with E-state index in [1.165, 1.54) is 57.1 Å². The zero-order chi connectivity index (χ0) is 15.5. The molecule has 0 amide bonds. The van der Waals surface area contributed by atoms with Crippen LogP contribution in [0.25, 0.3) is 0 Å². The average molecular weight is 313 g/mol. The predicted molar refractivity (Wildman–Crippen MR) is 87.6 cm³/mol. The first-order chi connectivity index (χ1) is 10.1. The monoisotopic (exact) mass is 312 g/mol. The van der Waals surface area contributed by atoms with Gasteiger partial charge in [0.15, 0.2) is 5.78 Å². The summed E-state index contributed by atoms with van der Waals surface area (Å²) in [5, 5.41) is 0.326. The highest BCUT2D eigenvalue weighted by molar-refractivity contribution is 6.30. The molecule has 0 spiro atoms. The second-order valence-corrected chi connectivity index (χ2v) is 6.06. The molecule has 0 aliphatic heterocycles. The van der Waals surface area contributed by atoms with Crippen LogP contribution in [0, 0.1) is 5.82 Å². The van der Waals surface area contributed by atoms with Crippen molar-refractivity contribution in [3.63, 3.8) is 0 Å². The van der Waals surface area contributed by atoms with Crippen LogP contribution in [-0.2, 0) is 0 Å². The third-order valence-corrected chi connectivity index (χ3v) is 3.97. The van der Waals surface area contributed by atoms with Crippen LogP contribution in [0.4, 0.5) is 4.39 Å². The lowest BCUT2D eigenvalue weighted by Gasteiger charge is -2.04. The van der Waals surface area contributed by atoms with E-state index in [-0.39, 0.29) is 11.3 Å². The first-order valence-corrected chi connectivity index (χ1v) is 8.51. The number of carbonyl (C=O) groups excluding carboxylic acids is 1. The van der Waals surface area contributed by atoms with E-state index in [0.717, 1.165) is 12.8 Å². The smallest absolute Gasteiger partial charge is 0.165 e. The van der Waals surface area contributed by atoms with Crippen molar-refractivity contribution in [2.24, 2.45) is 0 Å². The molecular weight excluding hydrogens is 287 g/mol. The number of ketones is 1. The van der Waals surface area contributed by atoms with Crippen molar-refractivity contribution < 1.29 is 9.18 Å². The Bertz CT molecular complexity index is 431. The summed E-state index contributed by atoms with van der Waals surface area (Å²) in [6, 6.07) is 4.24. The van der Waals surface area contributed by atoms with Gasteiger partial charge < -0.3 is 0 Å². The van der Waals surface area contributed by atoms with Crippen molar-refractivity contribution in [2.75, 3.05) is 0 Å². The van der Waals surface area contributed by atoms with Gasteiger partial charge in [0.25, 0.3) is 0 Å². The summed E-state index contributed by atoms with van der Waals surface area (Å²) in [6.07, 6.45) is 11.3. The van der Waals surface area contributed by atoms with E-state index < -0.39 is 5.82 Å². The summed E-state index contributed by atoms with van der Waals surface area (Å²) in [4.78, 5) is 11.9. The number of halogens is 2. The van der Waals surface area contributed by atoms with E-state index in [2.05, 4.69) is 6.92 Å². The molecule has 0 N–H and O–H groups in total. The molecule has 1 aromatic carbocycles. The van der Waals surface area contributed by atoms with Crippen LogP contribution >= 0.6 is 11.6 Å². The fraction of sp³-hybridized carbons (Fsp3) is 0.611. The first-order valence-electron chi connectivity index (χ1n) is 8.13. The summed E-state index contributed by atoms with van der Waals surface area (Å²) in [5.41, 5.74) is 0.166. The maximum Gasteiger partial charge on any atom is 0.165 e. The highest BCUT2D eigenvalue weighted by Gasteiger charge is 2.11. The number of rotatable bonds is 11. The molecule has 21 heavy (non-hydrogen) atoms. The number of hydrogen-bond donors (Lipinski definition) is 0. The zero-order valence-electron chi connectivity index (χ0n) is 13.0. The minimum absolute atomic E-state index is 0.118. The van der Waals surface area contributed by atoms with Crippen molar-refractivity contribution in [2.45, 2.75) is 71.1 Å². The second kappa shape index (κ2) is 10.8. The molecule has 1 aromatic rings. The third-order valence-electron chi connectivity index (χ3n) is 3.74. The van der Waals surface area contributed by atoms with E-state index in [0.29, 0.717) is 11.4 Å². The lowest BCUT2D eigenvalue weighted by molar-refractivity contribution is 0.0975. The van der Waals surface area contributed by atoms with Crippen LogP contribution in [0.5, 0.6) is 0 Å². The Morgan fingerprint density at radius 1 is 1.00 bits per heavy atom. The van der Waals surface area contributed by atoms with E-state index in [1.807, 2.05) is 0 Å². The molecule has 118 valence electrons. The SMILES string of the molecule is CCCCCCCCCCCC(=O)c1ccc(Cl)cc1F. The zero-order valence-corrected chi connectivity index (χ0v) is 13.7. The van der Waals surface area contributed by atoms with Crippen molar-refractivity contribution in [3.8, 4) is 0 Å². The predicted octanol–water partition coefficient (Wildman–Crippen LogP) is 6.58. The third kappa shape index (κ3) is 7.61. The summed E-state index contributed by atoms with van der Waals surface area (Å²) < 4.78 is 13.6. The van der Waals surface area contributed by atoms with Gasteiger partial charge in [-0.1, -0.05) is 69.9 Å². The molecule has 1 rings (SSSR count). The Kier molecular flexibility index (Phi) is 9.32. The molecule has 0 radical (unpaired) electrons. The van der Waals surface area contributed by atoms with Gasteiger partial charge >= 0.3 is 0 Å². The number of carbonyl (C=O) groups is 1. The van der Waals surface area contributed by atoms with Gasteiger partial charge in [-0.05, 0) is 24.6 Å². The van der Waals surface area contributed by atoms with Crippen molar-refractivity contribution >= 4 is 17.4 Å². The van der Waals surface area contributed by atoms with Crippen LogP contribution in [-0.4, -0.2) is 5.78 Å². The molecule has 0 unspecified atom stereocenters. The highest BCUT2D eigenvalue weighted by atomic mass is 35.5. The molecule has 0 aliphatic carbocycles. The van der Waals surface area contributed by atoms with Gasteiger partial charge in [0.1, 0.15) is 5.82 Å². The fourth-order valence-electron chi connectivity index (χ4n) is 2.45. The molecule has 0 saturated heterocycles. The second-order valence-electron chi connectivity index (χ2n) is 5.63. The Labute approximate surface area is 132 Å². The van der Waals surface area contributed by atoms with Crippen LogP contribution in [0.2, 0.25) is 5.02 Å². The van der Waals surface area contributed by atoms with Gasteiger partial charge in [0, 0.05) is 11.4 Å². The van der Waals surface area contributed by atoms with Crippen LogP contribution in [0.3, 0.4) is 0 Å². The average Bonchev–Trinajstić information content (AvgIpc) is 2.45. The molecule has 0 bridgehead atoms. The Hall–Kier alpha value is -0.890. The van der Waals surface area contributed by atoms with Gasteiger partial charge in [0.05, 0.1) is 5.56 Å². The first kappa shape index (κ1) is 18.2. The summed E-state index contributed by atoms with van der Waals surface area (Å²) in [7, 11) is 0. The normalized spacial score (nSPS) is 10.8. The van der Waals surface area contributed by atoms with E-state index in [4.69, 9.17) is 11.6 Å². The minimum atomic E-state index is -0.511. The van der Waals surface area contributed by atoms with E-state index in [1.54, 1.807) is 6.07 Å². The summed E-state index contributed by atoms with van der Waals surface area (Å²) >= 11 is 5.68. The van der Waals surface area contributed by atoms with Crippen molar-refractivity contribution in [3.05, 3.63) is 34.6 Å². The van der Waals surface area contributed by atoms with Gasteiger partial charge in [-0.3, -0.25) is 4.79 Å². The largest absolute Gasteiger partial charge is 0.294 e. The van der Waals surface area contributed by atoms with Gasteiger partial charge in [-0.25, -0.2) is 4.39 Å². The molecule has 0 aromatic heterocycles. The number of unbranched alkanes of at least 4 members (excludes halogenated alkanes) is 8. The number of benzene rings is 1. The molecular formula is C18H26ClFO. The number of Topliss-reactive ketones (excluding diaryl/α,β-unsaturated/α-hetero) is 1. The lowest BCUT2D eigenvalue weighted by atomic mass is 10.0. The Morgan fingerprint density at radius 2 is 1.57 bits per heavy atom. The lowest BCUT2D eigenvalue weighted by Crippen LogP contribution is -2.02. The standard InChI is InChI=1S/C18H26ClFO/c1-2-3-4-5-6-7-8-9-10-11-18(21)16-13-12-15(19)14-17(16)20/h12-14H,2-11H2,1H3. The molecule has 0 heterocycles. The molecule has 0 fully saturated rings. The minimum Gasteiger partial charge on any atom is -0.294 e. The maximum atomic E-state index is 13.6. The van der Waals surface area contributed by atoms with Gasteiger partial charge in [-0.2, -0.15) is 0 Å². The Balaban J connectivity index is 2.11. The maximum absolute atomic E-state index is 13.6. The van der Waals surface area contributed by atoms with Crippen LogP contribution in [0.1, 0.15) is 81.5 Å². The van der Waals surface area contributed by atoms with Gasteiger partial charge in [0.2, 0.25) is 0 Å². The van der Waals surface area contributed by atoms with E-state index in [9.17, 15) is 9.18 Å². The number of hydrogen-bond acceptors (Lipinski definition) is 1. The van der Waals surface area contributed by atoms with E-state index >= 15 is 0 Å². The molecule has 0 saturated carbocycles. The molecule has 0 aliphatic rings. The Morgan fingerprint density at radius 3 is 2.14 bits per heavy atom.